The highest BCUT2D eigenvalue weighted by Gasteiger charge is 2.34. The van der Waals surface area contributed by atoms with E-state index >= 15 is 0 Å². The topological polar surface area (TPSA) is 66.6 Å². The lowest BCUT2D eigenvalue weighted by atomic mass is 10.0. The fraction of sp³-hybridized carbons (Fsp3) is 0.438. The summed E-state index contributed by atoms with van der Waals surface area (Å²) < 4.78 is 13.4. The van der Waals surface area contributed by atoms with Crippen LogP contribution in [0.25, 0.3) is 0 Å². The Balaban J connectivity index is 2.35. The van der Waals surface area contributed by atoms with Crippen LogP contribution in [-0.4, -0.2) is 41.7 Å². The number of carbonyl (C=O) groups is 1. The molecule has 0 saturated carbocycles. The second-order valence-electron chi connectivity index (χ2n) is 5.21. The average Bonchev–Trinajstić information content (AvgIpc) is 2.85. The summed E-state index contributed by atoms with van der Waals surface area (Å²) in [5.74, 6) is 4.96. The van der Waals surface area contributed by atoms with E-state index in [1.165, 1.54) is 18.2 Å². The number of aliphatic hydroxyl groups is 1. The van der Waals surface area contributed by atoms with Crippen molar-refractivity contribution in [2.75, 3.05) is 19.7 Å². The van der Waals surface area contributed by atoms with Crippen LogP contribution in [0.2, 0.25) is 0 Å². The molecule has 1 aromatic carbocycles. The van der Waals surface area contributed by atoms with Gasteiger partial charge in [0.2, 0.25) is 0 Å². The van der Waals surface area contributed by atoms with Crippen molar-refractivity contribution in [2.24, 2.45) is 11.7 Å². The molecule has 5 heteroatoms. The van der Waals surface area contributed by atoms with Crippen LogP contribution in [0.15, 0.2) is 18.2 Å². The molecule has 2 rings (SSSR count). The molecule has 21 heavy (non-hydrogen) atoms. The third-order valence-electron chi connectivity index (χ3n) is 3.87. The zero-order valence-electron chi connectivity index (χ0n) is 12.0. The van der Waals surface area contributed by atoms with Crippen LogP contribution in [-0.2, 0) is 0 Å². The summed E-state index contributed by atoms with van der Waals surface area (Å²) in [6.45, 7) is 2.67. The molecule has 3 N–H and O–H groups in total. The minimum absolute atomic E-state index is 0.0715. The summed E-state index contributed by atoms with van der Waals surface area (Å²) >= 11 is 0. The number of carbonyl (C=O) groups excluding carboxylic acids is 1. The van der Waals surface area contributed by atoms with E-state index in [0.717, 1.165) is 6.42 Å². The Hall–Kier alpha value is -1.90. The first kappa shape index (κ1) is 15.5. The van der Waals surface area contributed by atoms with Crippen molar-refractivity contribution in [1.29, 1.82) is 0 Å². The molecule has 0 aromatic heterocycles. The fourth-order valence-electron chi connectivity index (χ4n) is 2.65. The van der Waals surface area contributed by atoms with Crippen molar-refractivity contribution < 1.29 is 14.3 Å². The van der Waals surface area contributed by atoms with Crippen molar-refractivity contribution in [3.8, 4) is 11.8 Å². The summed E-state index contributed by atoms with van der Waals surface area (Å²) in [5, 5.41) is 9.46. The van der Waals surface area contributed by atoms with Gasteiger partial charge in [0.05, 0.1) is 24.8 Å². The van der Waals surface area contributed by atoms with E-state index in [1.807, 2.05) is 6.92 Å². The first-order valence-corrected chi connectivity index (χ1v) is 6.98. The van der Waals surface area contributed by atoms with E-state index in [9.17, 15) is 14.3 Å². The Morgan fingerprint density at radius 1 is 1.57 bits per heavy atom. The molecule has 0 bridgehead atoms. The number of likely N-dealkylation sites (tertiary alicyclic amines) is 1. The normalized spacial score (nSPS) is 21.0. The molecule has 2 atom stereocenters. The minimum atomic E-state index is -0.443. The van der Waals surface area contributed by atoms with Gasteiger partial charge in [0, 0.05) is 12.1 Å². The van der Waals surface area contributed by atoms with E-state index in [1.54, 1.807) is 4.90 Å². The number of nitrogens with two attached hydrogens (primary N) is 1. The molecular formula is C16H19FN2O2. The number of hydrogen-bond acceptors (Lipinski definition) is 3. The molecule has 112 valence electrons. The second kappa shape index (κ2) is 6.70. The van der Waals surface area contributed by atoms with E-state index < -0.39 is 5.82 Å². The van der Waals surface area contributed by atoms with E-state index in [2.05, 4.69) is 11.8 Å². The molecule has 1 amide bonds. The molecule has 0 radical (unpaired) electrons. The second-order valence-corrected chi connectivity index (χ2v) is 5.21. The Morgan fingerprint density at radius 3 is 3.00 bits per heavy atom. The largest absolute Gasteiger partial charge is 0.394 e. The fourth-order valence-corrected chi connectivity index (χ4v) is 2.65. The summed E-state index contributed by atoms with van der Waals surface area (Å²) in [5.41, 5.74) is 6.02. The monoisotopic (exact) mass is 290 g/mol. The summed E-state index contributed by atoms with van der Waals surface area (Å²) in [6, 6.07) is 3.73. The van der Waals surface area contributed by atoms with Gasteiger partial charge in [-0.25, -0.2) is 4.39 Å². The number of aliphatic hydroxyl groups excluding tert-OH is 1. The number of hydrogen-bond donors (Lipinski definition) is 2. The molecule has 1 fully saturated rings. The van der Waals surface area contributed by atoms with Crippen molar-refractivity contribution >= 4 is 5.91 Å². The number of rotatable bonds is 2. The molecule has 0 spiro atoms. The van der Waals surface area contributed by atoms with Crippen molar-refractivity contribution in [3.63, 3.8) is 0 Å². The number of halogens is 1. The summed E-state index contributed by atoms with van der Waals surface area (Å²) in [4.78, 5) is 14.3. The summed E-state index contributed by atoms with van der Waals surface area (Å²) in [7, 11) is 0. The Bertz CT molecular complexity index is 592. The van der Waals surface area contributed by atoms with Crippen LogP contribution < -0.4 is 5.73 Å². The molecule has 1 aromatic rings. The maximum Gasteiger partial charge on any atom is 0.255 e. The standard InChI is InChI=1S/C16H19FN2O2/c1-11-6-8-19(15(11)10-20)16(21)14-5-4-13(17)9-12(14)3-2-7-18/h4-5,9,11,15,20H,6-8,10,18H2,1H3. The van der Waals surface area contributed by atoms with Crippen molar-refractivity contribution in [1.82, 2.24) is 4.90 Å². The Kier molecular flexibility index (Phi) is 4.94. The Morgan fingerprint density at radius 2 is 2.33 bits per heavy atom. The number of benzene rings is 1. The van der Waals surface area contributed by atoms with Crippen molar-refractivity contribution in [3.05, 3.63) is 35.1 Å². The van der Waals surface area contributed by atoms with Crippen LogP contribution in [0.3, 0.4) is 0 Å². The zero-order valence-corrected chi connectivity index (χ0v) is 12.0. The quantitative estimate of drug-likeness (QED) is 0.798. The first-order valence-electron chi connectivity index (χ1n) is 6.98. The molecule has 1 aliphatic heterocycles. The highest BCUT2D eigenvalue weighted by molar-refractivity contribution is 5.97. The van der Waals surface area contributed by atoms with Gasteiger partial charge in [0.25, 0.3) is 5.91 Å². The highest BCUT2D eigenvalue weighted by atomic mass is 19.1. The molecular weight excluding hydrogens is 271 g/mol. The molecule has 1 heterocycles. The van der Waals surface area contributed by atoms with E-state index in [-0.39, 0.29) is 31.0 Å². The summed E-state index contributed by atoms with van der Waals surface area (Å²) in [6.07, 6.45) is 0.849. The van der Waals surface area contributed by atoms with E-state index in [0.29, 0.717) is 17.7 Å². The maximum atomic E-state index is 13.4. The van der Waals surface area contributed by atoms with Gasteiger partial charge in [-0.3, -0.25) is 4.79 Å². The molecule has 2 unspecified atom stereocenters. The average molecular weight is 290 g/mol. The van der Waals surface area contributed by atoms with Gasteiger partial charge in [0.1, 0.15) is 5.82 Å². The van der Waals surface area contributed by atoms with Gasteiger partial charge in [-0.1, -0.05) is 18.8 Å². The van der Waals surface area contributed by atoms with Crippen LogP contribution in [0.4, 0.5) is 4.39 Å². The predicted molar refractivity (Wildman–Crippen MR) is 78.0 cm³/mol. The van der Waals surface area contributed by atoms with Crippen LogP contribution >= 0.6 is 0 Å². The lowest BCUT2D eigenvalue weighted by Crippen LogP contribution is -2.40. The van der Waals surface area contributed by atoms with Gasteiger partial charge in [-0.05, 0) is 30.5 Å². The van der Waals surface area contributed by atoms with Gasteiger partial charge in [0.15, 0.2) is 0 Å². The van der Waals surface area contributed by atoms with Crippen LogP contribution in [0.5, 0.6) is 0 Å². The van der Waals surface area contributed by atoms with Gasteiger partial charge < -0.3 is 15.7 Å². The Labute approximate surface area is 123 Å². The first-order chi connectivity index (χ1) is 10.1. The molecule has 1 aliphatic rings. The SMILES string of the molecule is CC1CCN(C(=O)c2ccc(F)cc2C#CCN)C1CO. The van der Waals surface area contributed by atoms with E-state index in [4.69, 9.17) is 5.73 Å². The zero-order chi connectivity index (χ0) is 15.4. The minimum Gasteiger partial charge on any atom is -0.394 e. The van der Waals surface area contributed by atoms with Crippen LogP contribution in [0.1, 0.15) is 29.3 Å². The number of amides is 1. The molecule has 0 aliphatic carbocycles. The highest BCUT2D eigenvalue weighted by Crippen LogP contribution is 2.26. The molecule has 4 nitrogen and oxygen atoms in total. The lowest BCUT2D eigenvalue weighted by molar-refractivity contribution is 0.0648. The lowest BCUT2D eigenvalue weighted by Gasteiger charge is -2.25. The third-order valence-corrected chi connectivity index (χ3v) is 3.87. The van der Waals surface area contributed by atoms with Gasteiger partial charge in [-0.15, -0.1) is 0 Å². The number of nitrogens with zero attached hydrogens (tertiary/aromatic N) is 1. The molecule has 1 saturated heterocycles. The van der Waals surface area contributed by atoms with Crippen molar-refractivity contribution in [2.45, 2.75) is 19.4 Å². The smallest absolute Gasteiger partial charge is 0.255 e. The predicted octanol–water partition coefficient (Wildman–Crippen LogP) is 0.979. The third kappa shape index (κ3) is 3.23. The maximum absolute atomic E-state index is 13.4. The van der Waals surface area contributed by atoms with Gasteiger partial charge >= 0.3 is 0 Å². The van der Waals surface area contributed by atoms with Gasteiger partial charge in [-0.2, -0.15) is 0 Å². The van der Waals surface area contributed by atoms with Crippen LogP contribution in [0, 0.1) is 23.6 Å².